The molecule has 4 unspecified atom stereocenters. The van der Waals surface area contributed by atoms with Crippen molar-refractivity contribution < 1.29 is 54.1 Å². The van der Waals surface area contributed by atoms with E-state index in [0.717, 1.165) is 16.5 Å². The molecule has 0 amide bonds. The fourth-order valence-corrected chi connectivity index (χ4v) is 7.73. The highest BCUT2D eigenvalue weighted by Crippen LogP contribution is 2.52. The standard InChI is InChI=1S/C38H36N2O11S/c1-17-32(43)23(40-37(52)39-20-11-10-18-6-3-4-7-19(18)12-20)13-27(50-17)51-25-15-38(48,26(42)16-41)14-22-29(25)36(47)31-30(34(22)45)33(44)21-8-5-9-24(49-2)28(21)35(31)46/h3-12,17,23,25,27,32,41,43,45,47-48H,13-16H2,1-2H3,(H2,39,40,52)/t17?,23?,25-,27?,32?,38-/m0/s1. The van der Waals surface area contributed by atoms with Gasteiger partial charge in [0.25, 0.3) is 0 Å². The number of phenolic OH excluding ortho intramolecular Hbond substituents is 2. The summed E-state index contributed by atoms with van der Waals surface area (Å²) < 4.78 is 17.6. The van der Waals surface area contributed by atoms with E-state index in [1.54, 1.807) is 6.92 Å². The average Bonchev–Trinajstić information content (AvgIpc) is 3.13. The van der Waals surface area contributed by atoms with Gasteiger partial charge in [-0.05, 0) is 48.1 Å². The first-order chi connectivity index (χ1) is 24.8. The summed E-state index contributed by atoms with van der Waals surface area (Å²) in [5.41, 5.74) is -3.06. The molecule has 0 spiro atoms. The summed E-state index contributed by atoms with van der Waals surface area (Å²) in [5.74, 6) is -3.86. The molecule has 6 atom stereocenters. The van der Waals surface area contributed by atoms with Gasteiger partial charge in [-0.25, -0.2) is 0 Å². The van der Waals surface area contributed by atoms with E-state index in [9.17, 15) is 39.9 Å². The maximum atomic E-state index is 13.9. The van der Waals surface area contributed by atoms with Gasteiger partial charge in [-0.1, -0.05) is 42.5 Å². The van der Waals surface area contributed by atoms with Gasteiger partial charge in [0.1, 0.15) is 35.6 Å². The summed E-state index contributed by atoms with van der Waals surface area (Å²) in [6, 6.07) is 17.2. The summed E-state index contributed by atoms with van der Waals surface area (Å²) in [5, 5.41) is 64.2. The number of carbonyl (C=O) groups is 3. The number of aliphatic hydroxyl groups is 3. The first-order valence-corrected chi connectivity index (χ1v) is 17.0. The summed E-state index contributed by atoms with van der Waals surface area (Å²) in [6.07, 6.45) is -5.52. The van der Waals surface area contributed by atoms with Crippen molar-refractivity contribution in [2.75, 3.05) is 19.0 Å². The van der Waals surface area contributed by atoms with Crippen LogP contribution in [0.25, 0.3) is 10.8 Å². The molecule has 3 aliphatic rings. The van der Waals surface area contributed by atoms with Crippen molar-refractivity contribution in [2.24, 2.45) is 0 Å². The maximum Gasteiger partial charge on any atom is 0.202 e. The lowest BCUT2D eigenvalue weighted by atomic mass is 9.72. The number of phenols is 2. The number of nitrogens with one attached hydrogen (secondary N) is 2. The lowest BCUT2D eigenvalue weighted by Gasteiger charge is -2.43. The van der Waals surface area contributed by atoms with Crippen molar-refractivity contribution in [3.63, 3.8) is 0 Å². The maximum absolute atomic E-state index is 13.9. The van der Waals surface area contributed by atoms with E-state index in [1.807, 2.05) is 42.5 Å². The Balaban J connectivity index is 1.21. The molecule has 0 bridgehead atoms. The SMILES string of the molecule is COc1cccc2c1C(=O)c1c(O)c3c(c(O)c1C2=O)C[C@@](O)(C(=O)CO)C[C@@H]3OC1CC(NC(=S)Nc2ccc3ccccc3c2)C(O)C(C)O1. The summed E-state index contributed by atoms with van der Waals surface area (Å²) in [6.45, 7) is 0.571. The number of fused-ring (bicyclic) bond motifs is 4. The highest BCUT2D eigenvalue weighted by Gasteiger charge is 2.50. The van der Waals surface area contributed by atoms with Crippen molar-refractivity contribution in [1.82, 2.24) is 5.32 Å². The molecule has 0 radical (unpaired) electrons. The monoisotopic (exact) mass is 728 g/mol. The van der Waals surface area contributed by atoms with Gasteiger partial charge in [0.05, 0.1) is 42.0 Å². The smallest absolute Gasteiger partial charge is 0.202 e. The van der Waals surface area contributed by atoms with Gasteiger partial charge < -0.3 is 50.4 Å². The first kappa shape index (κ1) is 35.4. The fraction of sp³-hybridized carbons (Fsp3) is 0.316. The van der Waals surface area contributed by atoms with Crippen molar-refractivity contribution in [1.29, 1.82) is 0 Å². The van der Waals surface area contributed by atoms with Crippen LogP contribution in [-0.2, 0) is 20.7 Å². The van der Waals surface area contributed by atoms with Gasteiger partial charge >= 0.3 is 0 Å². The molecule has 7 N–H and O–H groups in total. The number of benzene rings is 4. The number of rotatable bonds is 7. The lowest BCUT2D eigenvalue weighted by molar-refractivity contribution is -0.248. The molecular formula is C38H36N2O11S. The number of methoxy groups -OCH3 is 1. The van der Waals surface area contributed by atoms with Crippen LogP contribution in [0.5, 0.6) is 17.2 Å². The molecule has 2 aliphatic carbocycles. The number of carbonyl (C=O) groups excluding carboxylic acids is 3. The third-order valence-corrected chi connectivity index (χ3v) is 10.3. The molecule has 270 valence electrons. The number of aliphatic hydroxyl groups excluding tert-OH is 2. The molecule has 0 saturated carbocycles. The van der Waals surface area contributed by atoms with E-state index in [2.05, 4.69) is 10.6 Å². The Morgan fingerprint density at radius 1 is 1.00 bits per heavy atom. The van der Waals surface area contributed by atoms with Gasteiger partial charge in [0, 0.05) is 41.6 Å². The zero-order chi connectivity index (χ0) is 37.1. The van der Waals surface area contributed by atoms with E-state index in [-0.39, 0.29) is 39.5 Å². The second kappa shape index (κ2) is 13.5. The highest BCUT2D eigenvalue weighted by molar-refractivity contribution is 7.80. The number of Topliss-reactive ketones (excluding diaryl/α,β-unsaturated/α-hetero) is 1. The van der Waals surface area contributed by atoms with Crippen LogP contribution in [0.15, 0.2) is 60.7 Å². The Labute approximate surface area is 302 Å². The molecular weight excluding hydrogens is 692 g/mol. The third-order valence-electron chi connectivity index (χ3n) is 10.1. The van der Waals surface area contributed by atoms with E-state index >= 15 is 0 Å². The third kappa shape index (κ3) is 5.96. The van der Waals surface area contributed by atoms with E-state index in [4.69, 9.17) is 26.4 Å². The number of hydrogen-bond donors (Lipinski definition) is 7. The number of anilines is 1. The van der Waals surface area contributed by atoms with Gasteiger partial charge in [0.2, 0.25) is 5.78 Å². The molecule has 1 aliphatic heterocycles. The normalized spacial score (nSPS) is 25.1. The number of ketones is 3. The topological polar surface area (TPSA) is 204 Å². The summed E-state index contributed by atoms with van der Waals surface area (Å²) >= 11 is 5.57. The Hall–Kier alpha value is -4.96. The van der Waals surface area contributed by atoms with Crippen LogP contribution in [0.4, 0.5) is 5.69 Å². The molecule has 4 aromatic carbocycles. The van der Waals surface area contributed by atoms with Crippen molar-refractivity contribution in [3.05, 3.63) is 94.0 Å². The molecule has 4 aromatic rings. The minimum absolute atomic E-state index is 0.0110. The van der Waals surface area contributed by atoms with Gasteiger partial charge in [-0.2, -0.15) is 0 Å². The van der Waals surface area contributed by atoms with Crippen LogP contribution in [0, 0.1) is 0 Å². The zero-order valence-corrected chi connectivity index (χ0v) is 28.9. The van der Waals surface area contributed by atoms with Crippen molar-refractivity contribution in [3.8, 4) is 17.2 Å². The molecule has 7 rings (SSSR count). The van der Waals surface area contributed by atoms with Gasteiger partial charge in [0.15, 0.2) is 23.0 Å². The minimum atomic E-state index is -2.30. The Morgan fingerprint density at radius 2 is 1.73 bits per heavy atom. The first-order valence-electron chi connectivity index (χ1n) is 16.6. The number of ether oxygens (including phenoxy) is 3. The Kier molecular flexibility index (Phi) is 9.23. The number of thiocarbonyl (C=S) groups is 1. The Morgan fingerprint density at radius 3 is 2.46 bits per heavy atom. The fourth-order valence-electron chi connectivity index (χ4n) is 7.46. The quantitative estimate of drug-likeness (QED) is 0.0951. The van der Waals surface area contributed by atoms with Crippen LogP contribution in [-0.4, -0.2) is 91.9 Å². The van der Waals surface area contributed by atoms with E-state index in [1.165, 1.54) is 25.3 Å². The molecule has 1 heterocycles. The van der Waals surface area contributed by atoms with Crippen LogP contribution >= 0.6 is 12.2 Å². The van der Waals surface area contributed by atoms with Gasteiger partial charge in [-0.3, -0.25) is 14.4 Å². The summed E-state index contributed by atoms with van der Waals surface area (Å²) in [7, 11) is 1.33. The second-order valence-electron chi connectivity index (χ2n) is 13.3. The van der Waals surface area contributed by atoms with Crippen molar-refractivity contribution in [2.45, 2.75) is 62.4 Å². The van der Waals surface area contributed by atoms with Crippen LogP contribution in [0.2, 0.25) is 0 Å². The molecule has 1 fully saturated rings. The van der Waals surface area contributed by atoms with Crippen LogP contribution in [0.1, 0.15) is 68.8 Å². The predicted molar refractivity (Wildman–Crippen MR) is 191 cm³/mol. The molecule has 13 nitrogen and oxygen atoms in total. The van der Waals surface area contributed by atoms with Crippen molar-refractivity contribution >= 4 is 51.1 Å². The summed E-state index contributed by atoms with van der Waals surface area (Å²) in [4.78, 5) is 40.6. The number of hydrogen-bond acceptors (Lipinski definition) is 12. The molecule has 0 aromatic heterocycles. The highest BCUT2D eigenvalue weighted by atomic mass is 32.1. The zero-order valence-electron chi connectivity index (χ0n) is 28.1. The van der Waals surface area contributed by atoms with Gasteiger partial charge in [-0.15, -0.1) is 0 Å². The average molecular weight is 729 g/mol. The largest absolute Gasteiger partial charge is 0.507 e. The number of aromatic hydroxyl groups is 2. The second-order valence-corrected chi connectivity index (χ2v) is 13.7. The van der Waals surface area contributed by atoms with E-state index < -0.39 is 95.7 Å². The van der Waals surface area contributed by atoms with Crippen LogP contribution in [0.3, 0.4) is 0 Å². The van der Waals surface area contributed by atoms with E-state index in [0.29, 0.717) is 0 Å². The molecule has 14 heteroatoms. The molecule has 1 saturated heterocycles. The predicted octanol–water partition coefficient (Wildman–Crippen LogP) is 3.18. The Bertz CT molecular complexity index is 2160. The lowest BCUT2D eigenvalue weighted by Crippen LogP contribution is -2.56. The minimum Gasteiger partial charge on any atom is -0.507 e. The van der Waals surface area contributed by atoms with Crippen LogP contribution < -0.4 is 15.4 Å². The molecule has 52 heavy (non-hydrogen) atoms.